The van der Waals surface area contributed by atoms with Crippen LogP contribution in [0.1, 0.15) is 26.7 Å². The SMILES string of the molecule is CC(=O)NCC[C@H](O)C(=O)N[C@@H]1C[C@H](NC(C)=O)[C@@H](O[C@H]2O[C@H](CN)[C@@H](O)[C@H](O)[C@H]2O)[C@H](O)[C@H]1O[C@H]1O[C@H](CO)[C@@H](O)[C@H](N)[C@H]1O. The van der Waals surface area contributed by atoms with Crippen LogP contribution in [0.2, 0.25) is 0 Å². The fourth-order valence-electron chi connectivity index (χ4n) is 5.66. The predicted octanol–water partition coefficient (Wildman–Crippen LogP) is -8.07. The zero-order valence-corrected chi connectivity index (χ0v) is 25.4. The summed E-state index contributed by atoms with van der Waals surface area (Å²) in [6.45, 7) is 1.37. The number of carbonyl (C=O) groups excluding carboxylic acids is 3. The summed E-state index contributed by atoms with van der Waals surface area (Å²) in [6.07, 6.45) is -21.3. The lowest BCUT2D eigenvalue weighted by Gasteiger charge is -2.49. The van der Waals surface area contributed by atoms with Gasteiger partial charge in [-0.05, 0) is 12.8 Å². The van der Waals surface area contributed by atoms with Crippen molar-refractivity contribution >= 4 is 17.7 Å². The Morgan fingerprint density at radius 1 is 0.804 bits per heavy atom. The molecular formula is C26H47N5O15. The highest BCUT2D eigenvalue weighted by atomic mass is 16.7. The first-order valence-electron chi connectivity index (χ1n) is 14.9. The molecule has 2 heterocycles. The second kappa shape index (κ2) is 16.8. The summed E-state index contributed by atoms with van der Waals surface area (Å²) in [4.78, 5) is 36.3. The third-order valence-corrected chi connectivity index (χ3v) is 8.21. The first-order valence-corrected chi connectivity index (χ1v) is 14.9. The predicted molar refractivity (Wildman–Crippen MR) is 151 cm³/mol. The summed E-state index contributed by atoms with van der Waals surface area (Å²) in [5.74, 6) is -1.93. The summed E-state index contributed by atoms with van der Waals surface area (Å²) < 4.78 is 22.8. The molecule has 0 unspecified atom stereocenters. The van der Waals surface area contributed by atoms with E-state index in [1.807, 2.05) is 0 Å². The van der Waals surface area contributed by atoms with E-state index in [0.29, 0.717) is 0 Å². The highest BCUT2D eigenvalue weighted by Crippen LogP contribution is 2.32. The van der Waals surface area contributed by atoms with Gasteiger partial charge in [0.25, 0.3) is 0 Å². The Hall–Kier alpha value is -2.15. The Bertz CT molecular complexity index is 1030. The topological polar surface area (TPSA) is 338 Å². The Labute approximate surface area is 263 Å². The van der Waals surface area contributed by atoms with Crippen LogP contribution in [0.3, 0.4) is 0 Å². The number of rotatable bonds is 12. The molecule has 266 valence electrons. The van der Waals surface area contributed by atoms with Crippen LogP contribution in [-0.2, 0) is 33.3 Å². The molecule has 3 amide bonds. The molecule has 0 aromatic rings. The van der Waals surface area contributed by atoms with Crippen molar-refractivity contribution in [1.82, 2.24) is 16.0 Å². The molecule has 3 aliphatic rings. The average molecular weight is 670 g/mol. The van der Waals surface area contributed by atoms with Gasteiger partial charge in [-0.2, -0.15) is 0 Å². The Morgan fingerprint density at radius 3 is 1.91 bits per heavy atom. The molecule has 2 aliphatic heterocycles. The minimum absolute atomic E-state index is 0.0412. The van der Waals surface area contributed by atoms with Crippen LogP contribution in [0.15, 0.2) is 0 Å². The second-order valence-electron chi connectivity index (χ2n) is 11.7. The maximum absolute atomic E-state index is 13.0. The number of nitrogens with two attached hydrogens (primary N) is 2. The molecule has 16 atom stereocenters. The van der Waals surface area contributed by atoms with Crippen LogP contribution in [0.4, 0.5) is 0 Å². The molecule has 15 N–H and O–H groups in total. The number of carbonyl (C=O) groups is 3. The molecule has 20 nitrogen and oxygen atoms in total. The third kappa shape index (κ3) is 9.05. The number of amides is 3. The van der Waals surface area contributed by atoms with Gasteiger partial charge in [-0.3, -0.25) is 14.4 Å². The van der Waals surface area contributed by atoms with Crippen molar-refractivity contribution in [3.05, 3.63) is 0 Å². The molecule has 0 radical (unpaired) electrons. The maximum atomic E-state index is 13.0. The van der Waals surface area contributed by atoms with E-state index in [9.17, 15) is 55.2 Å². The zero-order chi connectivity index (χ0) is 34.5. The molecule has 0 aromatic carbocycles. The highest BCUT2D eigenvalue weighted by Gasteiger charge is 2.53. The lowest BCUT2D eigenvalue weighted by Crippen LogP contribution is -2.70. The number of aliphatic hydroxyl groups excluding tert-OH is 8. The van der Waals surface area contributed by atoms with Crippen LogP contribution in [0.25, 0.3) is 0 Å². The van der Waals surface area contributed by atoms with Crippen molar-refractivity contribution in [3.8, 4) is 0 Å². The molecule has 2 saturated heterocycles. The summed E-state index contributed by atoms with van der Waals surface area (Å²) in [5.41, 5.74) is 11.5. The van der Waals surface area contributed by atoms with Gasteiger partial charge in [0, 0.05) is 26.9 Å². The average Bonchev–Trinajstić information content (AvgIpc) is 3.00. The number of hydrogen-bond donors (Lipinski definition) is 13. The van der Waals surface area contributed by atoms with Crippen LogP contribution >= 0.6 is 0 Å². The van der Waals surface area contributed by atoms with E-state index in [4.69, 9.17) is 30.4 Å². The highest BCUT2D eigenvalue weighted by molar-refractivity contribution is 5.81. The monoisotopic (exact) mass is 669 g/mol. The lowest BCUT2D eigenvalue weighted by molar-refractivity contribution is -0.333. The van der Waals surface area contributed by atoms with Crippen LogP contribution < -0.4 is 27.4 Å². The van der Waals surface area contributed by atoms with Gasteiger partial charge in [-0.15, -0.1) is 0 Å². The van der Waals surface area contributed by atoms with Crippen molar-refractivity contribution in [2.24, 2.45) is 11.5 Å². The van der Waals surface area contributed by atoms with Crippen LogP contribution in [0, 0.1) is 0 Å². The quantitative estimate of drug-likeness (QED) is 0.0917. The van der Waals surface area contributed by atoms with Gasteiger partial charge in [0.05, 0.1) is 24.7 Å². The van der Waals surface area contributed by atoms with E-state index in [2.05, 4.69) is 16.0 Å². The molecule has 0 spiro atoms. The number of aliphatic hydroxyl groups is 8. The summed E-state index contributed by atoms with van der Waals surface area (Å²) in [6, 6.07) is -3.76. The Morgan fingerprint density at radius 2 is 1.37 bits per heavy atom. The first kappa shape index (κ1) is 38.3. The largest absolute Gasteiger partial charge is 0.394 e. The van der Waals surface area contributed by atoms with E-state index >= 15 is 0 Å². The van der Waals surface area contributed by atoms with Crippen LogP contribution in [-0.4, -0.2) is 176 Å². The maximum Gasteiger partial charge on any atom is 0.249 e. The molecule has 1 saturated carbocycles. The van der Waals surface area contributed by atoms with E-state index in [0.717, 1.165) is 6.92 Å². The van der Waals surface area contributed by atoms with E-state index in [-0.39, 0.29) is 31.8 Å². The van der Waals surface area contributed by atoms with Gasteiger partial charge < -0.3 is 87.2 Å². The number of nitrogens with one attached hydrogen (secondary N) is 3. The van der Waals surface area contributed by atoms with Gasteiger partial charge in [0.2, 0.25) is 17.7 Å². The first-order chi connectivity index (χ1) is 21.6. The Kier molecular flexibility index (Phi) is 14.0. The van der Waals surface area contributed by atoms with Crippen molar-refractivity contribution in [3.63, 3.8) is 0 Å². The van der Waals surface area contributed by atoms with Gasteiger partial charge in [-0.1, -0.05) is 0 Å². The summed E-state index contributed by atoms with van der Waals surface area (Å²) in [5, 5.41) is 91.3. The fraction of sp³-hybridized carbons (Fsp3) is 0.885. The minimum Gasteiger partial charge on any atom is -0.394 e. The summed E-state index contributed by atoms with van der Waals surface area (Å²) >= 11 is 0. The number of ether oxygens (including phenoxy) is 4. The fourth-order valence-corrected chi connectivity index (χ4v) is 5.66. The van der Waals surface area contributed by atoms with E-state index < -0.39 is 116 Å². The van der Waals surface area contributed by atoms with E-state index in [1.54, 1.807) is 0 Å². The summed E-state index contributed by atoms with van der Waals surface area (Å²) in [7, 11) is 0. The molecule has 3 fully saturated rings. The third-order valence-electron chi connectivity index (χ3n) is 8.21. The van der Waals surface area contributed by atoms with E-state index in [1.165, 1.54) is 6.92 Å². The molecule has 0 bridgehead atoms. The number of hydrogen-bond acceptors (Lipinski definition) is 17. The van der Waals surface area contributed by atoms with Gasteiger partial charge in [0.1, 0.15) is 67.1 Å². The van der Waals surface area contributed by atoms with Gasteiger partial charge >= 0.3 is 0 Å². The lowest BCUT2D eigenvalue weighted by atomic mass is 9.82. The smallest absolute Gasteiger partial charge is 0.249 e. The van der Waals surface area contributed by atoms with Gasteiger partial charge in [-0.25, -0.2) is 0 Å². The normalized spacial score (nSPS) is 42.1. The molecule has 46 heavy (non-hydrogen) atoms. The zero-order valence-electron chi connectivity index (χ0n) is 25.4. The van der Waals surface area contributed by atoms with Gasteiger partial charge in [0.15, 0.2) is 12.6 Å². The van der Waals surface area contributed by atoms with Crippen molar-refractivity contribution in [2.75, 3.05) is 19.7 Å². The molecule has 20 heteroatoms. The molecular weight excluding hydrogens is 622 g/mol. The van der Waals surface area contributed by atoms with Crippen molar-refractivity contribution in [2.45, 2.75) is 125 Å². The molecule has 1 aliphatic carbocycles. The second-order valence-corrected chi connectivity index (χ2v) is 11.7. The molecule has 0 aromatic heterocycles. The molecule has 3 rings (SSSR count). The van der Waals surface area contributed by atoms with Crippen molar-refractivity contribution in [1.29, 1.82) is 0 Å². The standard InChI is InChI=1S/C26H47N5O15/c1-8(33)29-4-3-12(35)24(42)31-11-5-10(30-9(2)34)22(46-26-20(40)19(39)17(37)13(6-27)43-26)21(41)23(11)45-25-18(38)15(28)16(36)14(7-32)44-25/h10-23,25-26,32,35-41H,3-7,27-28H2,1-2H3,(H,29,33)(H,30,34)(H,31,42)/t10-,11+,12-,13+,14+,15-,16+,17+,18+,19-,20+,21-,22+,23-,25+,26+/m0/s1. The Balaban J connectivity index is 1.93. The minimum atomic E-state index is -1.85. The van der Waals surface area contributed by atoms with Crippen molar-refractivity contribution < 1.29 is 74.2 Å². The van der Waals surface area contributed by atoms with Crippen LogP contribution in [0.5, 0.6) is 0 Å².